The molecule has 0 aromatic heterocycles. The van der Waals surface area contributed by atoms with E-state index in [0.29, 0.717) is 13.2 Å². The Bertz CT molecular complexity index is 832. The molecule has 7 heteroatoms. The molecule has 0 bridgehead atoms. The summed E-state index contributed by atoms with van der Waals surface area (Å²) >= 11 is 1.59. The normalized spacial score (nSPS) is 30.4. The molecule has 0 amide bonds. The van der Waals surface area contributed by atoms with E-state index in [1.165, 1.54) is 6.92 Å². The third-order valence-corrected chi connectivity index (χ3v) is 6.32. The summed E-state index contributed by atoms with van der Waals surface area (Å²) in [4.78, 5) is 11.9. The van der Waals surface area contributed by atoms with Crippen molar-refractivity contribution in [1.82, 2.24) is 0 Å². The zero-order valence-electron chi connectivity index (χ0n) is 17.7. The van der Waals surface area contributed by atoms with Gasteiger partial charge in [-0.1, -0.05) is 67.6 Å². The van der Waals surface area contributed by atoms with Crippen molar-refractivity contribution in [2.24, 2.45) is 0 Å². The van der Waals surface area contributed by atoms with Gasteiger partial charge in [0.1, 0.15) is 23.7 Å². The number of esters is 1. The number of benzene rings is 2. The molecule has 0 spiro atoms. The average molecular weight is 445 g/mol. The molecular formula is C24H28O6S. The maximum Gasteiger partial charge on any atom is 0.303 e. The van der Waals surface area contributed by atoms with Gasteiger partial charge in [-0.25, -0.2) is 0 Å². The van der Waals surface area contributed by atoms with Crippen LogP contribution in [0, 0.1) is 0 Å². The third kappa shape index (κ3) is 5.48. The minimum atomic E-state index is -0.582. The van der Waals surface area contributed by atoms with E-state index in [-0.39, 0.29) is 17.5 Å². The lowest BCUT2D eigenvalue weighted by Crippen LogP contribution is -2.62. The first-order valence-electron chi connectivity index (χ1n) is 10.6. The van der Waals surface area contributed by atoms with Gasteiger partial charge in [0.15, 0.2) is 12.4 Å². The molecule has 2 fully saturated rings. The van der Waals surface area contributed by atoms with Gasteiger partial charge in [0.2, 0.25) is 0 Å². The Kier molecular flexibility index (Phi) is 7.63. The van der Waals surface area contributed by atoms with E-state index in [0.717, 1.165) is 16.9 Å². The zero-order chi connectivity index (χ0) is 21.6. The highest BCUT2D eigenvalue weighted by Gasteiger charge is 2.52. The lowest BCUT2D eigenvalue weighted by Gasteiger charge is -2.48. The molecule has 6 nitrogen and oxygen atoms in total. The van der Waals surface area contributed by atoms with Crippen LogP contribution in [0.4, 0.5) is 0 Å². The van der Waals surface area contributed by atoms with Gasteiger partial charge in [0.25, 0.3) is 0 Å². The summed E-state index contributed by atoms with van der Waals surface area (Å²) in [7, 11) is 0. The summed E-state index contributed by atoms with van der Waals surface area (Å²) in [5.74, 6) is 0.452. The van der Waals surface area contributed by atoms with E-state index < -0.39 is 24.6 Å². The number of carbonyl (C=O) groups excluding carboxylic acids is 1. The van der Waals surface area contributed by atoms with Crippen molar-refractivity contribution >= 4 is 17.7 Å². The minimum Gasteiger partial charge on any atom is -0.456 e. The molecular weight excluding hydrogens is 416 g/mol. The third-order valence-electron chi connectivity index (χ3n) is 5.27. The maximum atomic E-state index is 11.9. The van der Waals surface area contributed by atoms with Crippen molar-refractivity contribution in [1.29, 1.82) is 0 Å². The summed E-state index contributed by atoms with van der Waals surface area (Å²) in [5, 5.41) is 0. The number of carbonyl (C=O) groups is 1. The van der Waals surface area contributed by atoms with E-state index in [2.05, 4.69) is 0 Å². The van der Waals surface area contributed by atoms with Crippen LogP contribution in [-0.2, 0) is 35.1 Å². The molecule has 2 saturated heterocycles. The Hall–Kier alpha value is -1.90. The van der Waals surface area contributed by atoms with Crippen LogP contribution in [0.2, 0.25) is 0 Å². The Morgan fingerprint density at radius 2 is 1.74 bits per heavy atom. The summed E-state index contributed by atoms with van der Waals surface area (Å²) < 4.78 is 30.7. The standard InChI is InChI=1S/C24H28O6S/c1-3-31-24-22(28-16(2)25)21(26-14-17-10-6-4-7-11-17)20-19(29-24)15-27-23(30-20)18-12-8-5-9-13-18/h4-13,19-24H,3,14-15H2,1-2H3/t19-,20-,21+,22-,23-,24+/m1/s1. The maximum absolute atomic E-state index is 11.9. The Balaban J connectivity index is 1.59. The first-order valence-corrected chi connectivity index (χ1v) is 11.6. The quantitative estimate of drug-likeness (QED) is 0.596. The molecule has 31 heavy (non-hydrogen) atoms. The van der Waals surface area contributed by atoms with Crippen LogP contribution < -0.4 is 0 Å². The lowest BCUT2D eigenvalue weighted by molar-refractivity contribution is -0.326. The molecule has 2 aliphatic rings. The van der Waals surface area contributed by atoms with Crippen LogP contribution in [-0.4, -0.2) is 48.2 Å². The largest absolute Gasteiger partial charge is 0.456 e. The molecule has 0 aliphatic carbocycles. The Morgan fingerprint density at radius 1 is 1.03 bits per heavy atom. The smallest absolute Gasteiger partial charge is 0.303 e. The van der Waals surface area contributed by atoms with Gasteiger partial charge in [-0.15, -0.1) is 11.8 Å². The van der Waals surface area contributed by atoms with E-state index >= 15 is 0 Å². The number of fused-ring (bicyclic) bond motifs is 1. The monoisotopic (exact) mass is 444 g/mol. The second-order valence-electron chi connectivity index (χ2n) is 7.51. The van der Waals surface area contributed by atoms with Gasteiger partial charge in [0.05, 0.1) is 13.2 Å². The van der Waals surface area contributed by atoms with Crippen LogP contribution in [0.1, 0.15) is 31.3 Å². The molecule has 2 aliphatic heterocycles. The molecule has 4 rings (SSSR count). The SMILES string of the molecule is CCS[C@@H]1O[C@@H]2CO[C@@H](c3ccccc3)O[C@H]2[C@H](OCc2ccccc2)[C@H]1OC(C)=O. The van der Waals surface area contributed by atoms with Crippen molar-refractivity contribution in [2.75, 3.05) is 12.4 Å². The Morgan fingerprint density at radius 3 is 2.42 bits per heavy atom. The van der Waals surface area contributed by atoms with Crippen molar-refractivity contribution in [2.45, 2.75) is 56.6 Å². The summed E-state index contributed by atoms with van der Waals surface area (Å²) in [5.41, 5.74) is 1.62. The van der Waals surface area contributed by atoms with Gasteiger partial charge in [-0.3, -0.25) is 4.79 Å². The molecule has 2 heterocycles. The fourth-order valence-electron chi connectivity index (χ4n) is 3.90. The fraction of sp³-hybridized carbons (Fsp3) is 0.458. The molecule has 6 atom stereocenters. The summed E-state index contributed by atoms with van der Waals surface area (Å²) in [6, 6.07) is 19.7. The number of rotatable bonds is 7. The lowest BCUT2D eigenvalue weighted by atomic mass is 9.98. The molecule has 166 valence electrons. The van der Waals surface area contributed by atoms with E-state index in [1.807, 2.05) is 67.6 Å². The topological polar surface area (TPSA) is 63.2 Å². The second-order valence-corrected chi connectivity index (χ2v) is 8.89. The molecule has 0 N–H and O–H groups in total. The van der Waals surface area contributed by atoms with E-state index in [4.69, 9.17) is 23.7 Å². The first-order chi connectivity index (χ1) is 15.2. The summed E-state index contributed by atoms with van der Waals surface area (Å²) in [6.45, 7) is 4.22. The van der Waals surface area contributed by atoms with Crippen LogP contribution >= 0.6 is 11.8 Å². The molecule has 2 aromatic rings. The number of hydrogen-bond acceptors (Lipinski definition) is 7. The highest BCUT2D eigenvalue weighted by Crippen LogP contribution is 2.39. The predicted octanol–water partition coefficient (Wildman–Crippen LogP) is 4.10. The van der Waals surface area contributed by atoms with Gasteiger partial charge in [-0.2, -0.15) is 0 Å². The van der Waals surface area contributed by atoms with Gasteiger partial charge in [-0.05, 0) is 11.3 Å². The van der Waals surface area contributed by atoms with Crippen LogP contribution in [0.3, 0.4) is 0 Å². The highest BCUT2D eigenvalue weighted by atomic mass is 32.2. The number of hydrogen-bond donors (Lipinski definition) is 0. The second kappa shape index (κ2) is 10.6. The highest BCUT2D eigenvalue weighted by molar-refractivity contribution is 7.99. The van der Waals surface area contributed by atoms with Gasteiger partial charge in [0, 0.05) is 12.5 Å². The molecule has 2 aromatic carbocycles. The van der Waals surface area contributed by atoms with E-state index in [9.17, 15) is 4.79 Å². The van der Waals surface area contributed by atoms with Crippen molar-refractivity contribution in [3.63, 3.8) is 0 Å². The fourth-order valence-corrected chi connectivity index (χ4v) is 4.85. The predicted molar refractivity (Wildman–Crippen MR) is 117 cm³/mol. The minimum absolute atomic E-state index is 0.309. The number of ether oxygens (including phenoxy) is 5. The van der Waals surface area contributed by atoms with Crippen LogP contribution in [0.25, 0.3) is 0 Å². The first kappa shape index (κ1) is 22.3. The van der Waals surface area contributed by atoms with Crippen molar-refractivity contribution < 1.29 is 28.5 Å². The molecule has 0 radical (unpaired) electrons. The summed E-state index contributed by atoms with van der Waals surface area (Å²) in [6.07, 6.45) is -2.33. The number of thioether (sulfide) groups is 1. The average Bonchev–Trinajstić information content (AvgIpc) is 2.79. The van der Waals surface area contributed by atoms with E-state index in [1.54, 1.807) is 11.8 Å². The van der Waals surface area contributed by atoms with Gasteiger partial charge >= 0.3 is 5.97 Å². The van der Waals surface area contributed by atoms with Crippen LogP contribution in [0.15, 0.2) is 60.7 Å². The zero-order valence-corrected chi connectivity index (χ0v) is 18.5. The Labute approximate surface area is 187 Å². The van der Waals surface area contributed by atoms with Crippen LogP contribution in [0.5, 0.6) is 0 Å². The van der Waals surface area contributed by atoms with Gasteiger partial charge < -0.3 is 23.7 Å². The van der Waals surface area contributed by atoms with Crippen molar-refractivity contribution in [3.05, 3.63) is 71.8 Å². The van der Waals surface area contributed by atoms with Crippen molar-refractivity contribution in [3.8, 4) is 0 Å². The molecule has 0 unspecified atom stereocenters. The molecule has 0 saturated carbocycles.